The number of imidazole rings is 1. The first-order chi connectivity index (χ1) is 9.19. The van der Waals surface area contributed by atoms with Crippen LogP contribution in [0.2, 0.25) is 0 Å². The summed E-state index contributed by atoms with van der Waals surface area (Å²) in [7, 11) is 0. The molecule has 3 rings (SSSR count). The molecule has 2 aromatic heterocycles. The second-order valence-electron chi connectivity index (χ2n) is 4.98. The van der Waals surface area contributed by atoms with Crippen molar-refractivity contribution in [1.82, 2.24) is 14.3 Å². The lowest BCUT2D eigenvalue weighted by atomic mass is 10.3. The first-order valence-electron chi connectivity index (χ1n) is 6.51. The van der Waals surface area contributed by atoms with Gasteiger partial charge in [-0.05, 0) is 19.8 Å². The fourth-order valence-corrected chi connectivity index (χ4v) is 3.25. The lowest BCUT2D eigenvalue weighted by molar-refractivity contribution is -0.131. The van der Waals surface area contributed by atoms with Gasteiger partial charge in [-0.15, -0.1) is 11.3 Å². The molecule has 19 heavy (non-hydrogen) atoms. The molecule has 5 nitrogen and oxygen atoms in total. The van der Waals surface area contributed by atoms with Gasteiger partial charge in [-0.2, -0.15) is 0 Å². The van der Waals surface area contributed by atoms with Gasteiger partial charge in [0.25, 0.3) is 0 Å². The largest absolute Gasteiger partial charge is 0.395 e. The molecule has 0 unspecified atom stereocenters. The van der Waals surface area contributed by atoms with Crippen LogP contribution in [-0.4, -0.2) is 44.5 Å². The molecular weight excluding hydrogens is 262 g/mol. The predicted octanol–water partition coefficient (Wildman–Crippen LogP) is 1.23. The number of nitrogens with zero attached hydrogens (tertiary/aromatic N) is 3. The van der Waals surface area contributed by atoms with Crippen molar-refractivity contribution in [2.24, 2.45) is 0 Å². The number of aliphatic hydroxyl groups excluding tert-OH is 1. The molecule has 1 N–H and O–H groups in total. The third-order valence-electron chi connectivity index (χ3n) is 3.39. The fourth-order valence-electron chi connectivity index (χ4n) is 2.33. The fraction of sp³-hybridized carbons (Fsp3) is 0.538. The van der Waals surface area contributed by atoms with Crippen LogP contribution in [0.15, 0.2) is 11.6 Å². The molecule has 102 valence electrons. The molecule has 1 saturated carbocycles. The molecule has 2 heterocycles. The minimum Gasteiger partial charge on any atom is -0.395 e. The lowest BCUT2D eigenvalue weighted by Gasteiger charge is -2.21. The Bertz CT molecular complexity index is 600. The van der Waals surface area contributed by atoms with Crippen molar-refractivity contribution in [1.29, 1.82) is 0 Å². The number of fused-ring (bicyclic) bond motifs is 1. The third-order valence-corrected chi connectivity index (χ3v) is 4.27. The van der Waals surface area contributed by atoms with Crippen molar-refractivity contribution in [2.45, 2.75) is 32.2 Å². The molecule has 1 aliphatic rings. The monoisotopic (exact) mass is 279 g/mol. The van der Waals surface area contributed by atoms with Crippen molar-refractivity contribution < 1.29 is 9.90 Å². The molecule has 0 atom stereocenters. The van der Waals surface area contributed by atoms with Crippen molar-refractivity contribution in [3.8, 4) is 0 Å². The van der Waals surface area contributed by atoms with Crippen molar-refractivity contribution in [3.63, 3.8) is 0 Å². The molecule has 2 aromatic rings. The first-order valence-corrected chi connectivity index (χ1v) is 7.39. The quantitative estimate of drug-likeness (QED) is 0.895. The second-order valence-corrected chi connectivity index (χ2v) is 5.82. The highest BCUT2D eigenvalue weighted by Crippen LogP contribution is 2.27. The molecule has 0 aliphatic heterocycles. The van der Waals surface area contributed by atoms with Gasteiger partial charge < -0.3 is 10.0 Å². The van der Waals surface area contributed by atoms with Gasteiger partial charge >= 0.3 is 0 Å². The number of aromatic nitrogens is 2. The van der Waals surface area contributed by atoms with Gasteiger partial charge in [0.05, 0.1) is 18.7 Å². The highest BCUT2D eigenvalue weighted by Gasteiger charge is 2.32. The molecule has 1 fully saturated rings. The van der Waals surface area contributed by atoms with Crippen molar-refractivity contribution >= 4 is 22.2 Å². The van der Waals surface area contributed by atoms with Crippen LogP contribution in [0.3, 0.4) is 0 Å². The molecule has 0 aromatic carbocycles. The predicted molar refractivity (Wildman–Crippen MR) is 73.3 cm³/mol. The number of aryl methyl sites for hydroxylation is 1. The van der Waals surface area contributed by atoms with Gasteiger partial charge in [-0.25, -0.2) is 4.98 Å². The maximum atomic E-state index is 12.3. The third kappa shape index (κ3) is 2.50. The minimum absolute atomic E-state index is 0.0332. The van der Waals surface area contributed by atoms with E-state index in [1.165, 1.54) is 0 Å². The van der Waals surface area contributed by atoms with Crippen LogP contribution in [0.1, 0.15) is 24.2 Å². The maximum absolute atomic E-state index is 12.3. The van der Waals surface area contributed by atoms with Crippen LogP contribution in [0.4, 0.5) is 0 Å². The number of rotatable bonds is 5. The normalized spacial score (nSPS) is 15.1. The summed E-state index contributed by atoms with van der Waals surface area (Å²) in [5.74, 6) is 0.0996. The van der Waals surface area contributed by atoms with Crippen LogP contribution in [0.25, 0.3) is 4.96 Å². The Morgan fingerprint density at radius 2 is 2.42 bits per heavy atom. The molecule has 0 radical (unpaired) electrons. The smallest absolute Gasteiger partial charge is 0.228 e. The van der Waals surface area contributed by atoms with E-state index in [1.807, 2.05) is 27.8 Å². The summed E-state index contributed by atoms with van der Waals surface area (Å²) in [4.78, 5) is 19.4. The van der Waals surface area contributed by atoms with Crippen molar-refractivity contribution in [3.05, 3.63) is 23.0 Å². The number of amides is 1. The summed E-state index contributed by atoms with van der Waals surface area (Å²) in [6.45, 7) is 2.43. The van der Waals surface area contributed by atoms with Crippen LogP contribution in [0.5, 0.6) is 0 Å². The highest BCUT2D eigenvalue weighted by atomic mass is 32.1. The van der Waals surface area contributed by atoms with Gasteiger partial charge in [0.2, 0.25) is 5.91 Å². The van der Waals surface area contributed by atoms with Crippen LogP contribution < -0.4 is 0 Å². The first kappa shape index (κ1) is 12.6. The van der Waals surface area contributed by atoms with E-state index in [2.05, 4.69) is 4.98 Å². The molecule has 0 saturated heterocycles. The van der Waals surface area contributed by atoms with E-state index >= 15 is 0 Å². The summed E-state index contributed by atoms with van der Waals surface area (Å²) in [6.07, 6.45) is 4.47. The number of aliphatic hydroxyl groups is 1. The molecule has 0 bridgehead atoms. The number of carbonyl (C=O) groups excluding carboxylic acids is 1. The molecule has 0 spiro atoms. The van der Waals surface area contributed by atoms with E-state index in [0.29, 0.717) is 19.0 Å². The zero-order valence-corrected chi connectivity index (χ0v) is 11.7. The van der Waals surface area contributed by atoms with E-state index in [4.69, 9.17) is 5.11 Å². The average molecular weight is 279 g/mol. The van der Waals surface area contributed by atoms with Gasteiger partial charge in [0.1, 0.15) is 0 Å². The van der Waals surface area contributed by atoms with E-state index in [-0.39, 0.29) is 12.5 Å². The Morgan fingerprint density at radius 3 is 3.11 bits per heavy atom. The van der Waals surface area contributed by atoms with Gasteiger partial charge in [-0.3, -0.25) is 9.20 Å². The Balaban J connectivity index is 1.77. The van der Waals surface area contributed by atoms with Gasteiger partial charge in [0.15, 0.2) is 4.96 Å². The molecular formula is C13H17N3O2S. The van der Waals surface area contributed by atoms with E-state index in [1.54, 1.807) is 11.3 Å². The highest BCUT2D eigenvalue weighted by molar-refractivity contribution is 7.15. The number of hydrogen-bond acceptors (Lipinski definition) is 4. The van der Waals surface area contributed by atoms with Crippen molar-refractivity contribution in [2.75, 3.05) is 13.2 Å². The Morgan fingerprint density at radius 1 is 1.63 bits per heavy atom. The summed E-state index contributed by atoms with van der Waals surface area (Å²) >= 11 is 1.56. The van der Waals surface area contributed by atoms with Crippen LogP contribution in [0, 0.1) is 6.92 Å². The SMILES string of the molecule is Cc1cn2c(CC(=O)N(CCO)C3CC3)csc2n1. The second kappa shape index (κ2) is 4.94. The molecule has 1 aliphatic carbocycles. The topological polar surface area (TPSA) is 57.8 Å². The lowest BCUT2D eigenvalue weighted by Crippen LogP contribution is -2.36. The molecule has 1 amide bonds. The maximum Gasteiger partial charge on any atom is 0.228 e. The zero-order valence-electron chi connectivity index (χ0n) is 10.9. The van der Waals surface area contributed by atoms with E-state index in [0.717, 1.165) is 29.2 Å². The summed E-state index contributed by atoms with van der Waals surface area (Å²) in [5.41, 5.74) is 1.95. The Hall–Kier alpha value is -1.40. The van der Waals surface area contributed by atoms with Crippen LogP contribution >= 0.6 is 11.3 Å². The summed E-state index contributed by atoms with van der Waals surface area (Å²) in [5, 5.41) is 11.0. The van der Waals surface area contributed by atoms with E-state index < -0.39 is 0 Å². The van der Waals surface area contributed by atoms with Gasteiger partial charge in [-0.1, -0.05) is 0 Å². The Kier molecular flexibility index (Phi) is 3.28. The molecule has 6 heteroatoms. The Labute approximate surface area is 115 Å². The average Bonchev–Trinajstić information content (AvgIpc) is 3.05. The minimum atomic E-state index is 0.0332. The number of thiazole rings is 1. The van der Waals surface area contributed by atoms with E-state index in [9.17, 15) is 4.79 Å². The number of carbonyl (C=O) groups is 1. The van der Waals surface area contributed by atoms with Crippen LogP contribution in [-0.2, 0) is 11.2 Å². The summed E-state index contributed by atoms with van der Waals surface area (Å²) < 4.78 is 1.99. The standard InChI is InChI=1S/C13H17N3O2S/c1-9-7-16-11(8-19-13(16)14-9)6-12(18)15(4-5-17)10-2-3-10/h7-8,10,17H,2-6H2,1H3. The zero-order chi connectivity index (χ0) is 13.4. The van der Waals surface area contributed by atoms with Gasteiger partial charge in [0, 0.05) is 29.9 Å². The number of hydrogen-bond donors (Lipinski definition) is 1. The summed E-state index contributed by atoms with van der Waals surface area (Å²) in [6, 6.07) is 0.346.